The molecule has 0 saturated carbocycles. The molecule has 6 aromatic rings. The predicted octanol–water partition coefficient (Wildman–Crippen LogP) is 4.31. The summed E-state index contributed by atoms with van der Waals surface area (Å²) in [7, 11) is -6.88. The van der Waals surface area contributed by atoms with Crippen LogP contribution in [0.5, 0.6) is 17.2 Å². The van der Waals surface area contributed by atoms with Crippen molar-refractivity contribution in [1.29, 1.82) is 0 Å². The molecule has 6 rings (SSSR count). The van der Waals surface area contributed by atoms with Crippen molar-refractivity contribution < 1.29 is 114 Å². The Balaban J connectivity index is 0.000000297. The van der Waals surface area contributed by atoms with Crippen LogP contribution >= 0.6 is 0 Å². The first-order chi connectivity index (χ1) is 26.9. The molecule has 0 spiro atoms. The van der Waals surface area contributed by atoms with E-state index in [-0.39, 0.29) is 29.6 Å². The SMILES string of the molecule is Fc1c(F)c(F)c(OB(Oc2c(F)c(F)c(F)c(F)c2F)Oc2c(F)c(F)c(F)c(F)c2F)c(F)c1F.[Na+].[O-][Si](c1ccccc1)(c1ccccc1)c1ccccc1. The van der Waals surface area contributed by atoms with Crippen LogP contribution in [-0.2, 0) is 0 Å². The van der Waals surface area contributed by atoms with E-state index in [2.05, 4.69) is 14.0 Å². The van der Waals surface area contributed by atoms with E-state index in [1.54, 1.807) is 0 Å². The summed E-state index contributed by atoms with van der Waals surface area (Å²) in [6.45, 7) is 0. The fraction of sp³-hybridized carbons (Fsp3) is 0. The smallest absolute Gasteiger partial charge is 0.848 e. The zero-order valence-electron chi connectivity index (χ0n) is 28.5. The third-order valence-electron chi connectivity index (χ3n) is 7.69. The minimum Gasteiger partial charge on any atom is -0.848 e. The fourth-order valence-electron chi connectivity index (χ4n) is 4.94. The van der Waals surface area contributed by atoms with Gasteiger partial charge in [-0.25, -0.2) is 39.5 Å². The van der Waals surface area contributed by atoms with Crippen molar-refractivity contribution in [2.24, 2.45) is 0 Å². The molecule has 58 heavy (non-hydrogen) atoms. The van der Waals surface area contributed by atoms with Crippen molar-refractivity contribution in [3.63, 3.8) is 0 Å². The van der Waals surface area contributed by atoms with Crippen LogP contribution in [0.3, 0.4) is 0 Å². The molecule has 4 nitrogen and oxygen atoms in total. The third-order valence-corrected chi connectivity index (χ3v) is 11.1. The van der Waals surface area contributed by atoms with Crippen molar-refractivity contribution in [3.8, 4) is 17.2 Å². The number of halogens is 15. The van der Waals surface area contributed by atoms with Gasteiger partial charge in [-0.3, -0.25) is 0 Å². The van der Waals surface area contributed by atoms with E-state index < -0.39 is 120 Å². The van der Waals surface area contributed by atoms with E-state index in [1.165, 1.54) is 0 Å². The molecular weight excluding hydrogens is 843 g/mol. The largest absolute Gasteiger partial charge is 1.00 e. The molecule has 0 aliphatic heterocycles. The standard InChI is InChI=1S/C18BF15O3.C18H15OSi.Na/c20-1-4(23)10(29)16(11(30)5(1)24)35-19(36-17-12(31)6(25)2(21)7(26)13(17)32)37-18-14(33)8(27)3(22)9(28)15(18)34;19-20(16-10-4-1-5-11-16,17-12-6-2-7-13-17)18-14-8-3-9-15-18;/h;1-15H;/q;-1;+1. The van der Waals surface area contributed by atoms with E-state index in [0.717, 1.165) is 15.6 Å². The first kappa shape index (κ1) is 45.6. The molecule has 0 fully saturated rings. The predicted molar refractivity (Wildman–Crippen MR) is 170 cm³/mol. The van der Waals surface area contributed by atoms with Gasteiger partial charge in [-0.05, 0) is 0 Å². The molecular formula is C36H15BF15NaO4Si. The first-order valence-corrected chi connectivity index (χ1v) is 17.2. The first-order valence-electron chi connectivity index (χ1n) is 15.3. The van der Waals surface area contributed by atoms with Crippen LogP contribution in [0.25, 0.3) is 0 Å². The Hall–Kier alpha value is -5.09. The Morgan fingerprint density at radius 2 is 0.483 bits per heavy atom. The Labute approximate surface area is 339 Å². The summed E-state index contributed by atoms with van der Waals surface area (Å²) in [5.41, 5.74) is 0. The summed E-state index contributed by atoms with van der Waals surface area (Å²) < 4.78 is 216. The number of rotatable bonds is 9. The molecule has 0 radical (unpaired) electrons. The van der Waals surface area contributed by atoms with Gasteiger partial charge in [-0.1, -0.05) is 107 Å². The molecule has 0 atom stereocenters. The van der Waals surface area contributed by atoms with Gasteiger partial charge in [0.2, 0.25) is 87.3 Å². The summed E-state index contributed by atoms with van der Waals surface area (Å²) in [6, 6.07) is 29.3. The minimum absolute atomic E-state index is 0. The molecule has 0 N–H and O–H groups in total. The zero-order valence-corrected chi connectivity index (χ0v) is 31.5. The van der Waals surface area contributed by atoms with Crippen LogP contribution in [0, 0.1) is 87.3 Å². The van der Waals surface area contributed by atoms with Gasteiger partial charge in [0.25, 0.3) is 0 Å². The van der Waals surface area contributed by atoms with E-state index in [0.29, 0.717) is 0 Å². The number of hydrogen-bond donors (Lipinski definition) is 0. The molecule has 0 saturated heterocycles. The van der Waals surface area contributed by atoms with E-state index in [4.69, 9.17) is 0 Å². The molecule has 6 aromatic carbocycles. The second-order valence-electron chi connectivity index (χ2n) is 11.1. The van der Waals surface area contributed by atoms with Gasteiger partial charge in [0, 0.05) is 0 Å². The van der Waals surface area contributed by atoms with Crippen molar-refractivity contribution in [2.75, 3.05) is 0 Å². The second-order valence-corrected chi connectivity index (χ2v) is 14.2. The minimum atomic E-state index is -3.75. The van der Waals surface area contributed by atoms with Crippen LogP contribution in [0.4, 0.5) is 65.9 Å². The van der Waals surface area contributed by atoms with Crippen LogP contribution in [0.15, 0.2) is 91.0 Å². The summed E-state index contributed by atoms with van der Waals surface area (Å²) >= 11 is 0. The normalized spacial score (nSPS) is 11.0. The number of benzene rings is 6. The summed E-state index contributed by atoms with van der Waals surface area (Å²) in [5, 5.41) is 2.70. The Morgan fingerprint density at radius 3 is 0.672 bits per heavy atom. The van der Waals surface area contributed by atoms with E-state index >= 15 is 0 Å². The Bertz CT molecular complexity index is 2090. The maximum atomic E-state index is 13.9. The second kappa shape index (κ2) is 18.7. The van der Waals surface area contributed by atoms with Crippen molar-refractivity contribution >= 4 is 31.2 Å². The van der Waals surface area contributed by atoms with Gasteiger partial charge in [-0.15, -0.1) is 0 Å². The summed E-state index contributed by atoms with van der Waals surface area (Å²) in [6.07, 6.45) is 0. The topological polar surface area (TPSA) is 50.8 Å². The molecule has 0 amide bonds. The van der Waals surface area contributed by atoms with Gasteiger partial charge in [0.1, 0.15) is 0 Å². The van der Waals surface area contributed by atoms with Gasteiger partial charge in [0.15, 0.2) is 17.2 Å². The average Bonchev–Trinajstić information content (AvgIpc) is 3.24. The molecule has 0 aromatic heterocycles. The Morgan fingerprint density at radius 1 is 0.310 bits per heavy atom. The van der Waals surface area contributed by atoms with Crippen LogP contribution < -0.4 is 63.9 Å². The molecule has 0 aliphatic carbocycles. The number of hydrogen-bond acceptors (Lipinski definition) is 4. The Kier molecular flexibility index (Phi) is 14.7. The molecule has 0 unspecified atom stereocenters. The van der Waals surface area contributed by atoms with E-state index in [1.807, 2.05) is 91.0 Å². The van der Waals surface area contributed by atoms with Crippen molar-refractivity contribution in [1.82, 2.24) is 0 Å². The van der Waals surface area contributed by atoms with Crippen LogP contribution in [0.1, 0.15) is 0 Å². The van der Waals surface area contributed by atoms with Gasteiger partial charge in [0.05, 0.1) is 8.32 Å². The molecule has 0 bridgehead atoms. The third kappa shape index (κ3) is 8.68. The molecule has 0 aliphatic rings. The van der Waals surface area contributed by atoms with Crippen LogP contribution in [0.2, 0.25) is 0 Å². The molecule has 296 valence electrons. The average molecular weight is 858 g/mol. The molecule has 22 heteroatoms. The summed E-state index contributed by atoms with van der Waals surface area (Å²) in [5.74, 6) is -50.0. The maximum absolute atomic E-state index is 13.9. The van der Waals surface area contributed by atoms with Gasteiger partial charge < -0.3 is 18.8 Å². The van der Waals surface area contributed by atoms with Gasteiger partial charge >= 0.3 is 36.9 Å². The van der Waals surface area contributed by atoms with Gasteiger partial charge in [-0.2, -0.15) is 26.3 Å². The van der Waals surface area contributed by atoms with Crippen molar-refractivity contribution in [3.05, 3.63) is 178 Å². The molecule has 0 heterocycles. The van der Waals surface area contributed by atoms with Crippen molar-refractivity contribution in [2.45, 2.75) is 0 Å². The van der Waals surface area contributed by atoms with Crippen LogP contribution in [-0.4, -0.2) is 15.6 Å². The van der Waals surface area contributed by atoms with E-state index in [9.17, 15) is 70.7 Å². The monoisotopic (exact) mass is 858 g/mol. The fourth-order valence-corrected chi connectivity index (χ4v) is 7.93. The maximum Gasteiger partial charge on any atom is 1.00 e. The quantitative estimate of drug-likeness (QED) is 0.0716. The summed E-state index contributed by atoms with van der Waals surface area (Å²) in [4.78, 5) is 13.8. The zero-order chi connectivity index (χ0) is 41.9.